The van der Waals surface area contributed by atoms with Crippen LogP contribution in [-0.2, 0) is 0 Å². The molecule has 0 spiro atoms. The predicted molar refractivity (Wildman–Crippen MR) is 79.0 cm³/mol. The highest BCUT2D eigenvalue weighted by Crippen LogP contribution is 2.24. The fourth-order valence-corrected chi connectivity index (χ4v) is 3.43. The minimum atomic E-state index is 0.790. The zero-order valence-electron chi connectivity index (χ0n) is 12.5. The van der Waals surface area contributed by atoms with Crippen molar-refractivity contribution >= 4 is 0 Å². The molecular weight excluding hydrogens is 220 g/mol. The molecule has 2 heteroatoms. The first kappa shape index (κ1) is 14.3. The van der Waals surface area contributed by atoms with Crippen LogP contribution in [0.3, 0.4) is 0 Å². The number of nitrogens with zero attached hydrogens (tertiary/aromatic N) is 1. The van der Waals surface area contributed by atoms with E-state index in [4.69, 9.17) is 0 Å². The molecule has 2 rings (SSSR count). The van der Waals surface area contributed by atoms with Crippen LogP contribution in [0.4, 0.5) is 0 Å². The van der Waals surface area contributed by atoms with E-state index >= 15 is 0 Å². The van der Waals surface area contributed by atoms with Crippen molar-refractivity contribution in [3.63, 3.8) is 0 Å². The van der Waals surface area contributed by atoms with E-state index in [1.807, 2.05) is 0 Å². The molecule has 2 atom stereocenters. The third-order valence-corrected chi connectivity index (χ3v) is 4.70. The van der Waals surface area contributed by atoms with E-state index in [-0.39, 0.29) is 0 Å². The maximum Gasteiger partial charge on any atom is 0.0223 e. The van der Waals surface area contributed by atoms with E-state index in [2.05, 4.69) is 24.1 Å². The van der Waals surface area contributed by atoms with Gasteiger partial charge in [-0.1, -0.05) is 33.1 Å². The maximum atomic E-state index is 3.76. The van der Waals surface area contributed by atoms with Crippen molar-refractivity contribution in [2.75, 3.05) is 13.1 Å². The molecule has 1 saturated heterocycles. The summed E-state index contributed by atoms with van der Waals surface area (Å²) in [6.45, 7) is 7.29. The van der Waals surface area contributed by atoms with Crippen LogP contribution < -0.4 is 5.32 Å². The van der Waals surface area contributed by atoms with Crippen LogP contribution in [0, 0.1) is 0 Å². The third-order valence-electron chi connectivity index (χ3n) is 4.70. The Hall–Kier alpha value is -0.0800. The Morgan fingerprint density at radius 2 is 1.94 bits per heavy atom. The summed E-state index contributed by atoms with van der Waals surface area (Å²) in [5.41, 5.74) is 0. The smallest absolute Gasteiger partial charge is 0.0223 e. The summed E-state index contributed by atoms with van der Waals surface area (Å²) in [7, 11) is 0. The second-order valence-corrected chi connectivity index (χ2v) is 6.27. The minimum absolute atomic E-state index is 0.790. The van der Waals surface area contributed by atoms with Gasteiger partial charge in [-0.25, -0.2) is 0 Å². The largest absolute Gasteiger partial charge is 0.312 e. The Balaban J connectivity index is 1.90. The topological polar surface area (TPSA) is 15.3 Å². The summed E-state index contributed by atoms with van der Waals surface area (Å²) in [5.74, 6) is 0. The fourth-order valence-electron chi connectivity index (χ4n) is 3.43. The normalized spacial score (nSPS) is 28.0. The molecule has 2 aliphatic rings. The molecule has 1 aliphatic carbocycles. The van der Waals surface area contributed by atoms with Crippen molar-refractivity contribution in [2.45, 2.75) is 89.8 Å². The van der Waals surface area contributed by atoms with Crippen molar-refractivity contribution in [1.29, 1.82) is 0 Å². The molecule has 0 aromatic carbocycles. The van der Waals surface area contributed by atoms with Gasteiger partial charge in [-0.05, 0) is 45.1 Å². The van der Waals surface area contributed by atoms with Crippen molar-refractivity contribution in [3.8, 4) is 0 Å². The second kappa shape index (κ2) is 7.49. The first-order valence-corrected chi connectivity index (χ1v) is 8.34. The second-order valence-electron chi connectivity index (χ2n) is 6.27. The Kier molecular flexibility index (Phi) is 5.97. The zero-order chi connectivity index (χ0) is 12.8. The molecule has 1 aliphatic heterocycles. The molecule has 1 saturated carbocycles. The molecule has 0 amide bonds. The van der Waals surface area contributed by atoms with Crippen LogP contribution >= 0.6 is 0 Å². The molecule has 2 fully saturated rings. The molecular formula is C16H32N2. The van der Waals surface area contributed by atoms with Crippen LogP contribution in [0.15, 0.2) is 0 Å². The van der Waals surface area contributed by atoms with Crippen molar-refractivity contribution in [3.05, 3.63) is 0 Å². The van der Waals surface area contributed by atoms with Gasteiger partial charge in [0.1, 0.15) is 0 Å². The lowest BCUT2D eigenvalue weighted by Crippen LogP contribution is -2.48. The highest BCUT2D eigenvalue weighted by Gasteiger charge is 2.28. The van der Waals surface area contributed by atoms with Gasteiger partial charge in [0.15, 0.2) is 0 Å². The Morgan fingerprint density at radius 3 is 2.61 bits per heavy atom. The van der Waals surface area contributed by atoms with Crippen molar-refractivity contribution in [1.82, 2.24) is 10.2 Å². The average Bonchev–Trinajstić information content (AvgIpc) is 3.20. The van der Waals surface area contributed by atoms with Gasteiger partial charge in [0.25, 0.3) is 0 Å². The van der Waals surface area contributed by atoms with Crippen LogP contribution in [0.1, 0.15) is 71.6 Å². The number of hydrogen-bond acceptors (Lipinski definition) is 2. The molecule has 1 heterocycles. The highest BCUT2D eigenvalue weighted by atomic mass is 15.2. The van der Waals surface area contributed by atoms with E-state index < -0.39 is 0 Å². The summed E-state index contributed by atoms with van der Waals surface area (Å²) >= 11 is 0. The molecule has 0 aromatic heterocycles. The Bertz CT molecular complexity index is 225. The standard InChI is InChI=1S/C16H32N2/c1-3-8-16(13-17-14-10-11-14)18-12-7-5-6-9-15(18)4-2/h14-17H,3-13H2,1-2H3. The lowest BCUT2D eigenvalue weighted by Gasteiger charge is -2.37. The van der Waals surface area contributed by atoms with Gasteiger partial charge >= 0.3 is 0 Å². The van der Waals surface area contributed by atoms with Gasteiger partial charge in [-0.15, -0.1) is 0 Å². The lowest BCUT2D eigenvalue weighted by atomic mass is 10.0. The average molecular weight is 252 g/mol. The van der Waals surface area contributed by atoms with Crippen LogP contribution in [-0.4, -0.2) is 36.1 Å². The summed E-state index contributed by atoms with van der Waals surface area (Å²) in [6, 6.07) is 2.50. The molecule has 106 valence electrons. The molecule has 18 heavy (non-hydrogen) atoms. The van der Waals surface area contributed by atoms with E-state index in [0.717, 1.165) is 18.1 Å². The summed E-state index contributed by atoms with van der Waals surface area (Å²) in [4.78, 5) is 2.85. The summed E-state index contributed by atoms with van der Waals surface area (Å²) < 4.78 is 0. The predicted octanol–water partition coefficient (Wildman–Crippen LogP) is 3.56. The van der Waals surface area contributed by atoms with Gasteiger partial charge in [0.2, 0.25) is 0 Å². The zero-order valence-corrected chi connectivity index (χ0v) is 12.5. The Morgan fingerprint density at radius 1 is 1.11 bits per heavy atom. The lowest BCUT2D eigenvalue weighted by molar-refractivity contribution is 0.122. The van der Waals surface area contributed by atoms with Gasteiger partial charge in [0, 0.05) is 24.7 Å². The summed E-state index contributed by atoms with van der Waals surface area (Å²) in [5, 5.41) is 3.76. The van der Waals surface area contributed by atoms with Gasteiger partial charge in [-0.3, -0.25) is 4.90 Å². The number of rotatable bonds is 7. The highest BCUT2D eigenvalue weighted by molar-refractivity contribution is 4.87. The SMILES string of the molecule is CCCC(CNC1CC1)N1CCCCCC1CC. The van der Waals surface area contributed by atoms with E-state index in [0.29, 0.717) is 0 Å². The van der Waals surface area contributed by atoms with Crippen LogP contribution in [0.5, 0.6) is 0 Å². The monoisotopic (exact) mass is 252 g/mol. The molecule has 0 aromatic rings. The number of nitrogens with one attached hydrogen (secondary N) is 1. The first-order valence-electron chi connectivity index (χ1n) is 8.34. The Labute approximate surface area is 114 Å². The number of hydrogen-bond donors (Lipinski definition) is 1. The third kappa shape index (κ3) is 4.24. The van der Waals surface area contributed by atoms with Gasteiger partial charge in [0.05, 0.1) is 0 Å². The maximum absolute atomic E-state index is 3.76. The minimum Gasteiger partial charge on any atom is -0.312 e. The number of likely N-dealkylation sites (tertiary alicyclic amines) is 1. The van der Waals surface area contributed by atoms with Crippen LogP contribution in [0.25, 0.3) is 0 Å². The van der Waals surface area contributed by atoms with E-state index in [1.54, 1.807) is 0 Å². The fraction of sp³-hybridized carbons (Fsp3) is 1.00. The van der Waals surface area contributed by atoms with Crippen molar-refractivity contribution < 1.29 is 0 Å². The summed E-state index contributed by atoms with van der Waals surface area (Å²) in [6.07, 6.45) is 12.6. The molecule has 2 nitrogen and oxygen atoms in total. The molecule has 1 N–H and O–H groups in total. The first-order chi connectivity index (χ1) is 8.85. The quantitative estimate of drug-likeness (QED) is 0.745. The van der Waals surface area contributed by atoms with E-state index in [9.17, 15) is 0 Å². The molecule has 0 bridgehead atoms. The van der Waals surface area contributed by atoms with Crippen LogP contribution in [0.2, 0.25) is 0 Å². The molecule has 0 radical (unpaired) electrons. The van der Waals surface area contributed by atoms with Gasteiger partial charge < -0.3 is 5.32 Å². The molecule has 2 unspecified atom stereocenters. The van der Waals surface area contributed by atoms with Crippen molar-refractivity contribution in [2.24, 2.45) is 0 Å². The van der Waals surface area contributed by atoms with Gasteiger partial charge in [-0.2, -0.15) is 0 Å². The van der Waals surface area contributed by atoms with E-state index in [1.165, 1.54) is 70.9 Å².